The maximum Gasteiger partial charge on any atom is 0.248 e. The molecular formula is C14H15N3O3. The Kier molecular flexibility index (Phi) is 3.84. The second-order valence-corrected chi connectivity index (χ2v) is 4.47. The smallest absolute Gasteiger partial charge is 0.248 e. The Hall–Kier alpha value is -2.63. The lowest BCUT2D eigenvalue weighted by Gasteiger charge is -2.05. The fraction of sp³-hybridized carbons (Fsp3) is 0.214. The van der Waals surface area contributed by atoms with Crippen molar-refractivity contribution in [2.75, 3.05) is 5.32 Å². The molecule has 104 valence electrons. The van der Waals surface area contributed by atoms with Crippen LogP contribution in [0.2, 0.25) is 0 Å². The largest absolute Gasteiger partial charge is 0.366 e. The number of primary amides is 1. The summed E-state index contributed by atoms with van der Waals surface area (Å²) in [6, 6.07) is 6.39. The van der Waals surface area contributed by atoms with Gasteiger partial charge in [0.1, 0.15) is 5.76 Å². The minimum atomic E-state index is -0.501. The Morgan fingerprint density at radius 2 is 1.90 bits per heavy atom. The van der Waals surface area contributed by atoms with Gasteiger partial charge in [-0.15, -0.1) is 0 Å². The minimum Gasteiger partial charge on any atom is -0.366 e. The molecule has 0 aliphatic rings. The van der Waals surface area contributed by atoms with E-state index in [2.05, 4.69) is 10.5 Å². The summed E-state index contributed by atoms with van der Waals surface area (Å²) in [5.74, 6) is -0.0356. The summed E-state index contributed by atoms with van der Waals surface area (Å²) in [6.45, 7) is 3.56. The van der Waals surface area contributed by atoms with Gasteiger partial charge in [0.05, 0.1) is 12.1 Å². The minimum absolute atomic E-state index is 0.175. The Bertz CT molecular complexity index is 625. The predicted octanol–water partition coefficient (Wildman–Crippen LogP) is 1.57. The average Bonchev–Trinajstić information content (AvgIpc) is 2.71. The van der Waals surface area contributed by atoms with Gasteiger partial charge >= 0.3 is 0 Å². The third-order valence-corrected chi connectivity index (χ3v) is 2.97. The molecule has 6 nitrogen and oxygen atoms in total. The van der Waals surface area contributed by atoms with E-state index >= 15 is 0 Å². The van der Waals surface area contributed by atoms with Crippen LogP contribution in [-0.2, 0) is 11.2 Å². The molecule has 2 aromatic rings. The number of aromatic nitrogens is 1. The number of nitrogens with one attached hydrogen (secondary N) is 1. The fourth-order valence-electron chi connectivity index (χ4n) is 1.84. The zero-order valence-corrected chi connectivity index (χ0v) is 11.3. The van der Waals surface area contributed by atoms with E-state index in [4.69, 9.17) is 10.3 Å². The molecule has 0 saturated carbocycles. The van der Waals surface area contributed by atoms with Crippen LogP contribution in [0.3, 0.4) is 0 Å². The predicted molar refractivity (Wildman–Crippen MR) is 73.3 cm³/mol. The van der Waals surface area contributed by atoms with Crippen molar-refractivity contribution < 1.29 is 14.1 Å². The van der Waals surface area contributed by atoms with Gasteiger partial charge in [0, 0.05) is 16.8 Å². The summed E-state index contributed by atoms with van der Waals surface area (Å²) in [4.78, 5) is 22.9. The highest BCUT2D eigenvalue weighted by atomic mass is 16.5. The van der Waals surface area contributed by atoms with E-state index in [-0.39, 0.29) is 12.3 Å². The first kappa shape index (κ1) is 13.8. The highest BCUT2D eigenvalue weighted by Gasteiger charge is 2.13. The molecule has 3 N–H and O–H groups in total. The molecule has 0 aliphatic carbocycles. The van der Waals surface area contributed by atoms with Gasteiger partial charge in [-0.25, -0.2) is 0 Å². The van der Waals surface area contributed by atoms with Crippen molar-refractivity contribution in [3.8, 4) is 0 Å². The third-order valence-electron chi connectivity index (χ3n) is 2.97. The summed E-state index contributed by atoms with van der Waals surface area (Å²) in [7, 11) is 0. The van der Waals surface area contributed by atoms with Gasteiger partial charge in [-0.3, -0.25) is 9.59 Å². The lowest BCUT2D eigenvalue weighted by molar-refractivity contribution is -0.115. The Labute approximate surface area is 115 Å². The van der Waals surface area contributed by atoms with E-state index in [1.54, 1.807) is 38.1 Å². The van der Waals surface area contributed by atoms with Gasteiger partial charge in [-0.1, -0.05) is 5.16 Å². The van der Waals surface area contributed by atoms with Crippen molar-refractivity contribution >= 4 is 17.5 Å². The SMILES string of the molecule is Cc1noc(C)c1CC(=O)Nc1ccc(C(N)=O)cc1. The number of aryl methyl sites for hydroxylation is 2. The number of benzene rings is 1. The normalized spacial score (nSPS) is 10.3. The van der Waals surface area contributed by atoms with Crippen molar-refractivity contribution in [3.63, 3.8) is 0 Å². The van der Waals surface area contributed by atoms with E-state index < -0.39 is 5.91 Å². The molecule has 0 spiro atoms. The van der Waals surface area contributed by atoms with E-state index in [1.165, 1.54) is 0 Å². The fourth-order valence-corrected chi connectivity index (χ4v) is 1.84. The second-order valence-electron chi connectivity index (χ2n) is 4.47. The van der Waals surface area contributed by atoms with Crippen LogP contribution in [0.15, 0.2) is 28.8 Å². The Balaban J connectivity index is 2.03. The van der Waals surface area contributed by atoms with Gasteiger partial charge in [0.25, 0.3) is 0 Å². The van der Waals surface area contributed by atoms with Gasteiger partial charge in [-0.05, 0) is 38.1 Å². The molecule has 1 aromatic carbocycles. The van der Waals surface area contributed by atoms with Crippen molar-refractivity contribution in [2.24, 2.45) is 5.73 Å². The van der Waals surface area contributed by atoms with Crippen LogP contribution in [0.4, 0.5) is 5.69 Å². The summed E-state index contributed by atoms with van der Waals surface area (Å²) in [5.41, 5.74) is 7.64. The molecule has 1 heterocycles. The standard InChI is InChI=1S/C14H15N3O3/c1-8-12(9(2)20-17-8)7-13(18)16-11-5-3-10(4-6-11)14(15)19/h3-6H,7H2,1-2H3,(H2,15,19)(H,16,18). The maximum absolute atomic E-state index is 11.9. The lowest BCUT2D eigenvalue weighted by atomic mass is 10.1. The molecule has 0 radical (unpaired) electrons. The quantitative estimate of drug-likeness (QED) is 0.883. The number of hydrogen-bond acceptors (Lipinski definition) is 4. The number of rotatable bonds is 4. The van der Waals surface area contributed by atoms with Gasteiger partial charge in [-0.2, -0.15) is 0 Å². The molecular weight excluding hydrogens is 258 g/mol. The molecule has 0 fully saturated rings. The molecule has 2 rings (SSSR count). The van der Waals surface area contributed by atoms with Gasteiger partial charge in [0.15, 0.2) is 0 Å². The first-order valence-corrected chi connectivity index (χ1v) is 6.09. The van der Waals surface area contributed by atoms with Crippen LogP contribution in [0.25, 0.3) is 0 Å². The number of amides is 2. The average molecular weight is 273 g/mol. The summed E-state index contributed by atoms with van der Waals surface area (Å²) in [5, 5.41) is 6.54. The topological polar surface area (TPSA) is 98.2 Å². The van der Waals surface area contributed by atoms with Gasteiger partial charge < -0.3 is 15.6 Å². The molecule has 2 amide bonds. The van der Waals surface area contributed by atoms with Crippen LogP contribution < -0.4 is 11.1 Å². The Morgan fingerprint density at radius 1 is 1.25 bits per heavy atom. The first-order chi connectivity index (χ1) is 9.47. The molecule has 0 atom stereocenters. The monoisotopic (exact) mass is 273 g/mol. The summed E-state index contributed by atoms with van der Waals surface area (Å²) < 4.78 is 5.01. The molecule has 0 aliphatic heterocycles. The molecule has 6 heteroatoms. The zero-order chi connectivity index (χ0) is 14.7. The Morgan fingerprint density at radius 3 is 2.40 bits per heavy atom. The summed E-state index contributed by atoms with van der Waals surface area (Å²) in [6.07, 6.45) is 0.193. The van der Waals surface area contributed by atoms with Crippen LogP contribution in [-0.4, -0.2) is 17.0 Å². The van der Waals surface area contributed by atoms with Crippen LogP contribution in [0.1, 0.15) is 27.4 Å². The van der Waals surface area contributed by atoms with E-state index in [0.717, 1.165) is 5.56 Å². The van der Waals surface area contributed by atoms with Crippen molar-refractivity contribution in [3.05, 3.63) is 46.8 Å². The number of nitrogens with zero attached hydrogens (tertiary/aromatic N) is 1. The first-order valence-electron chi connectivity index (χ1n) is 6.09. The van der Waals surface area contributed by atoms with Crippen LogP contribution >= 0.6 is 0 Å². The highest BCUT2D eigenvalue weighted by Crippen LogP contribution is 2.14. The number of carbonyl (C=O) groups excluding carboxylic acids is 2. The molecule has 20 heavy (non-hydrogen) atoms. The van der Waals surface area contributed by atoms with E-state index in [0.29, 0.717) is 22.7 Å². The summed E-state index contributed by atoms with van der Waals surface area (Å²) >= 11 is 0. The van der Waals surface area contributed by atoms with Crippen molar-refractivity contribution in [1.29, 1.82) is 0 Å². The lowest BCUT2D eigenvalue weighted by Crippen LogP contribution is -2.15. The number of carbonyl (C=O) groups is 2. The maximum atomic E-state index is 11.9. The molecule has 0 saturated heterocycles. The van der Waals surface area contributed by atoms with E-state index in [1.807, 2.05) is 0 Å². The molecule has 1 aromatic heterocycles. The van der Waals surface area contributed by atoms with Crippen molar-refractivity contribution in [1.82, 2.24) is 5.16 Å². The molecule has 0 unspecified atom stereocenters. The number of hydrogen-bond donors (Lipinski definition) is 2. The van der Waals surface area contributed by atoms with Crippen molar-refractivity contribution in [2.45, 2.75) is 20.3 Å². The highest BCUT2D eigenvalue weighted by molar-refractivity contribution is 5.95. The van der Waals surface area contributed by atoms with Crippen LogP contribution in [0, 0.1) is 13.8 Å². The second kappa shape index (κ2) is 5.56. The van der Waals surface area contributed by atoms with E-state index in [9.17, 15) is 9.59 Å². The number of nitrogens with two attached hydrogens (primary N) is 1. The zero-order valence-electron chi connectivity index (χ0n) is 11.3. The number of anilines is 1. The molecule has 0 bridgehead atoms. The van der Waals surface area contributed by atoms with Gasteiger partial charge in [0.2, 0.25) is 11.8 Å². The van der Waals surface area contributed by atoms with Crippen LogP contribution in [0.5, 0.6) is 0 Å². The third kappa shape index (κ3) is 3.03.